The van der Waals surface area contributed by atoms with Crippen molar-refractivity contribution in [1.82, 2.24) is 0 Å². The quantitative estimate of drug-likeness (QED) is 0.0884. The first-order valence-electron chi connectivity index (χ1n) is 12.2. The molecule has 0 aromatic carbocycles. The van der Waals surface area contributed by atoms with Gasteiger partial charge in [0.05, 0.1) is 6.10 Å². The highest BCUT2D eigenvalue weighted by atomic mass is 16.7. The van der Waals surface area contributed by atoms with Crippen molar-refractivity contribution in [2.24, 2.45) is 10.8 Å². The van der Waals surface area contributed by atoms with E-state index in [0.717, 1.165) is 36.5 Å². The van der Waals surface area contributed by atoms with E-state index in [4.69, 9.17) is 28.4 Å². The molecule has 1 atom stereocenters. The molecule has 1 N–H and O–H groups in total. The predicted molar refractivity (Wildman–Crippen MR) is 147 cm³/mol. The maximum Gasteiger partial charge on any atom is 0.333 e. The fourth-order valence-corrected chi connectivity index (χ4v) is 3.40. The van der Waals surface area contributed by atoms with Gasteiger partial charge in [0.1, 0.15) is 31.8 Å². The van der Waals surface area contributed by atoms with Gasteiger partial charge in [0.15, 0.2) is 0 Å². The van der Waals surface area contributed by atoms with E-state index in [1.807, 2.05) is 0 Å². The third kappa shape index (κ3) is 13.5. The molecule has 0 rings (SSSR count). The van der Waals surface area contributed by atoms with Crippen LogP contribution in [0.1, 0.15) is 19.8 Å². The van der Waals surface area contributed by atoms with Crippen molar-refractivity contribution >= 4 is 35.8 Å². The van der Waals surface area contributed by atoms with Crippen molar-refractivity contribution < 1.29 is 62.3 Å². The average Bonchev–Trinajstić information content (AvgIpc) is 2.98. The first-order valence-corrected chi connectivity index (χ1v) is 12.2. The summed E-state index contributed by atoms with van der Waals surface area (Å²) < 4.78 is 31.0. The molecule has 1 unspecified atom stereocenters. The number of esters is 6. The molecule has 13 nitrogen and oxygen atoms in total. The molecule has 0 aromatic rings. The van der Waals surface area contributed by atoms with E-state index in [1.165, 1.54) is 6.92 Å². The van der Waals surface area contributed by atoms with Gasteiger partial charge < -0.3 is 33.5 Å². The van der Waals surface area contributed by atoms with Crippen LogP contribution in [-0.2, 0) is 57.2 Å². The Hall–Kier alpha value is -4.78. The minimum atomic E-state index is -1.95. The van der Waals surface area contributed by atoms with Crippen molar-refractivity contribution in [3.8, 4) is 0 Å². The van der Waals surface area contributed by atoms with Crippen LogP contribution in [0.5, 0.6) is 0 Å². The number of aliphatic hydroxyl groups is 1. The molecule has 0 aliphatic rings. The van der Waals surface area contributed by atoms with Gasteiger partial charge in [-0.25, -0.2) is 28.8 Å². The highest BCUT2D eigenvalue weighted by Gasteiger charge is 2.49. The van der Waals surface area contributed by atoms with Crippen LogP contribution in [0, 0.1) is 10.8 Å². The van der Waals surface area contributed by atoms with Gasteiger partial charge in [0, 0.05) is 41.9 Å². The lowest BCUT2D eigenvalue weighted by Gasteiger charge is -2.40. The molecule has 230 valence electrons. The van der Waals surface area contributed by atoms with Crippen LogP contribution >= 0.6 is 0 Å². The SMILES string of the molecule is C=CC(=O)OCC(C)(COC(=O)C=C)CC(O)CC(COC(=O)C=C)(COC(=O)C=C)C(OC(=O)C=C)OC(=O)C=C. The molecule has 0 fully saturated rings. The lowest BCUT2D eigenvalue weighted by molar-refractivity contribution is -0.228. The van der Waals surface area contributed by atoms with E-state index in [1.54, 1.807) is 0 Å². The Morgan fingerprint density at radius 3 is 1.19 bits per heavy atom. The zero-order valence-corrected chi connectivity index (χ0v) is 23.5. The van der Waals surface area contributed by atoms with Crippen molar-refractivity contribution in [3.63, 3.8) is 0 Å². The molecule has 0 saturated heterocycles. The van der Waals surface area contributed by atoms with Gasteiger partial charge in [-0.1, -0.05) is 46.4 Å². The Bertz CT molecular complexity index is 1000. The molecule has 0 radical (unpaired) electrons. The largest absolute Gasteiger partial charge is 0.462 e. The first-order chi connectivity index (χ1) is 19.7. The Labute approximate surface area is 243 Å². The summed E-state index contributed by atoms with van der Waals surface area (Å²) in [5, 5.41) is 11.3. The van der Waals surface area contributed by atoms with Crippen molar-refractivity contribution in [3.05, 3.63) is 75.9 Å². The molecule has 0 heterocycles. The molecule has 0 amide bonds. The summed E-state index contributed by atoms with van der Waals surface area (Å²) in [6.45, 7) is 19.1. The predicted octanol–water partition coefficient (Wildman–Crippen LogP) is 1.82. The van der Waals surface area contributed by atoms with E-state index < -0.39 is 78.7 Å². The number of hydrogen-bond donors (Lipinski definition) is 1. The minimum Gasteiger partial charge on any atom is -0.462 e. The van der Waals surface area contributed by atoms with Gasteiger partial charge in [-0.3, -0.25) is 0 Å². The second-order valence-corrected chi connectivity index (χ2v) is 9.10. The van der Waals surface area contributed by atoms with E-state index in [0.29, 0.717) is 0 Å². The summed E-state index contributed by atoms with van der Waals surface area (Å²) >= 11 is 0. The second-order valence-electron chi connectivity index (χ2n) is 9.10. The number of hydrogen-bond acceptors (Lipinski definition) is 13. The first kappa shape index (κ1) is 37.2. The maximum atomic E-state index is 12.2. The van der Waals surface area contributed by atoms with E-state index in [-0.39, 0.29) is 19.6 Å². The topological polar surface area (TPSA) is 178 Å². The summed E-state index contributed by atoms with van der Waals surface area (Å²) in [7, 11) is 0. The van der Waals surface area contributed by atoms with Crippen LogP contribution in [-0.4, -0.2) is 79.7 Å². The number of ether oxygens (including phenoxy) is 6. The zero-order valence-electron chi connectivity index (χ0n) is 23.5. The summed E-state index contributed by atoms with van der Waals surface area (Å²) in [6, 6.07) is 0. The van der Waals surface area contributed by atoms with Gasteiger partial charge in [-0.2, -0.15) is 0 Å². The van der Waals surface area contributed by atoms with Crippen LogP contribution in [0.4, 0.5) is 0 Å². The molecule has 0 aromatic heterocycles. The Balaban J connectivity index is 6.74. The Kier molecular flexibility index (Phi) is 16.4. The van der Waals surface area contributed by atoms with Gasteiger partial charge in [0.25, 0.3) is 6.29 Å². The highest BCUT2D eigenvalue weighted by molar-refractivity contribution is 5.84. The monoisotopic (exact) mass is 592 g/mol. The lowest BCUT2D eigenvalue weighted by Crippen LogP contribution is -2.51. The minimum absolute atomic E-state index is 0.272. The molecular formula is C29H36O13. The molecule has 0 aliphatic carbocycles. The average molecular weight is 593 g/mol. The molecule has 0 bridgehead atoms. The van der Waals surface area contributed by atoms with Crippen molar-refractivity contribution in [2.45, 2.75) is 32.2 Å². The summed E-state index contributed by atoms with van der Waals surface area (Å²) in [5.41, 5.74) is -3.19. The standard InChI is InChI=1S/C29H36O13/c1-8-21(31)37-16-28(7,17-38-22(32)9-2)14-20(30)15-29(18-39-23(33)10-3,19-40-24(34)11-4)27(41-25(35)12-5)42-26(36)13-6/h8-13,20,27,30H,1-6,14-19H2,7H3. The van der Waals surface area contributed by atoms with Crippen LogP contribution in [0.3, 0.4) is 0 Å². The van der Waals surface area contributed by atoms with Gasteiger partial charge in [0.2, 0.25) is 0 Å². The molecule has 13 heteroatoms. The third-order valence-electron chi connectivity index (χ3n) is 5.45. The molecule has 0 spiro atoms. The second kappa shape index (κ2) is 18.5. The number of carbonyl (C=O) groups excluding carboxylic acids is 6. The van der Waals surface area contributed by atoms with Crippen LogP contribution in [0.25, 0.3) is 0 Å². The van der Waals surface area contributed by atoms with E-state index in [9.17, 15) is 33.9 Å². The number of aliphatic hydroxyl groups excluding tert-OH is 1. The van der Waals surface area contributed by atoms with E-state index >= 15 is 0 Å². The summed E-state index contributed by atoms with van der Waals surface area (Å²) in [4.78, 5) is 71.9. The highest BCUT2D eigenvalue weighted by Crippen LogP contribution is 2.37. The summed E-state index contributed by atoms with van der Waals surface area (Å²) in [6.07, 6.45) is 0.707. The lowest BCUT2D eigenvalue weighted by atomic mass is 9.77. The number of carbonyl (C=O) groups is 6. The molecular weight excluding hydrogens is 556 g/mol. The normalized spacial score (nSPS) is 11.5. The van der Waals surface area contributed by atoms with Crippen LogP contribution in [0.2, 0.25) is 0 Å². The maximum absolute atomic E-state index is 12.2. The van der Waals surface area contributed by atoms with E-state index in [2.05, 4.69) is 39.5 Å². The Morgan fingerprint density at radius 2 is 0.881 bits per heavy atom. The molecule has 0 saturated carbocycles. The third-order valence-corrected chi connectivity index (χ3v) is 5.45. The summed E-state index contributed by atoms with van der Waals surface area (Å²) in [5.74, 6) is -5.66. The molecule has 0 aliphatic heterocycles. The molecule has 42 heavy (non-hydrogen) atoms. The fourth-order valence-electron chi connectivity index (χ4n) is 3.40. The van der Waals surface area contributed by atoms with Crippen molar-refractivity contribution in [2.75, 3.05) is 26.4 Å². The van der Waals surface area contributed by atoms with Crippen molar-refractivity contribution in [1.29, 1.82) is 0 Å². The van der Waals surface area contributed by atoms with Gasteiger partial charge >= 0.3 is 35.8 Å². The van der Waals surface area contributed by atoms with Crippen LogP contribution in [0.15, 0.2) is 75.9 Å². The fraction of sp³-hybridized carbons (Fsp3) is 0.379. The van der Waals surface area contributed by atoms with Gasteiger partial charge in [-0.15, -0.1) is 0 Å². The number of rotatable bonds is 21. The van der Waals surface area contributed by atoms with Gasteiger partial charge in [-0.05, 0) is 12.8 Å². The Morgan fingerprint density at radius 1 is 0.571 bits per heavy atom. The zero-order chi connectivity index (χ0) is 32.3. The van der Waals surface area contributed by atoms with Crippen LogP contribution < -0.4 is 0 Å². The smallest absolute Gasteiger partial charge is 0.333 e.